The fraction of sp³-hybridized carbons (Fsp3) is 0.357. The summed E-state index contributed by atoms with van der Waals surface area (Å²) in [6.07, 6.45) is 2.96. The van der Waals surface area contributed by atoms with Gasteiger partial charge in [-0.1, -0.05) is 0 Å². The number of anilines is 1. The predicted octanol–water partition coefficient (Wildman–Crippen LogP) is 2.44. The molecule has 3 rings (SSSR count). The molecule has 1 fully saturated rings. The number of hydrogen-bond donors (Lipinski definition) is 2. The van der Waals surface area contributed by atoms with Gasteiger partial charge in [0, 0.05) is 29.9 Å². The number of fused-ring (bicyclic) bond motifs is 1. The molecule has 2 N–H and O–H groups in total. The molecule has 0 saturated carbocycles. The van der Waals surface area contributed by atoms with Crippen LogP contribution in [-0.4, -0.2) is 31.2 Å². The van der Waals surface area contributed by atoms with Gasteiger partial charge in [0.1, 0.15) is 11.3 Å². The normalized spacial score (nSPS) is 18.1. The highest BCUT2D eigenvalue weighted by molar-refractivity contribution is 5.95. The largest absolute Gasteiger partial charge is 0.494 e. The monoisotopic (exact) mass is 279 g/mol. The number of ether oxygens (including phenoxy) is 1. The number of nitrogens with one attached hydrogen (secondary N) is 2. The van der Waals surface area contributed by atoms with Gasteiger partial charge in [-0.25, -0.2) is 0 Å². The van der Waals surface area contributed by atoms with E-state index in [1.807, 2.05) is 12.1 Å². The first-order valence-corrected chi connectivity index (χ1v) is 6.27. The second-order valence-electron chi connectivity index (χ2n) is 4.55. The Morgan fingerprint density at radius 3 is 3.00 bits per heavy atom. The maximum atomic E-state index is 5.35. The Bertz CT molecular complexity index is 555. The summed E-state index contributed by atoms with van der Waals surface area (Å²) in [4.78, 5) is 4.41. The van der Waals surface area contributed by atoms with Crippen molar-refractivity contribution in [2.45, 2.75) is 12.5 Å². The van der Waals surface area contributed by atoms with E-state index in [1.165, 1.54) is 0 Å². The molecule has 5 heteroatoms. The van der Waals surface area contributed by atoms with Crippen molar-refractivity contribution in [2.24, 2.45) is 0 Å². The Morgan fingerprint density at radius 2 is 2.26 bits per heavy atom. The molecule has 0 unspecified atom stereocenters. The number of aromatic nitrogens is 1. The average Bonchev–Trinajstić information content (AvgIpc) is 2.92. The third kappa shape index (κ3) is 2.74. The summed E-state index contributed by atoms with van der Waals surface area (Å²) < 4.78 is 5.35. The summed E-state index contributed by atoms with van der Waals surface area (Å²) in [5.41, 5.74) is 2.04. The number of methoxy groups -OCH3 is 1. The molecule has 102 valence electrons. The molecule has 1 aliphatic rings. The van der Waals surface area contributed by atoms with E-state index in [0.29, 0.717) is 6.04 Å². The third-order valence-electron chi connectivity index (χ3n) is 3.37. The molecule has 1 aliphatic heterocycles. The first-order valence-electron chi connectivity index (χ1n) is 6.27. The predicted molar refractivity (Wildman–Crippen MR) is 80.4 cm³/mol. The van der Waals surface area contributed by atoms with Gasteiger partial charge in [0.05, 0.1) is 7.11 Å². The van der Waals surface area contributed by atoms with Crippen LogP contribution in [0.5, 0.6) is 5.75 Å². The molecule has 2 heterocycles. The topological polar surface area (TPSA) is 46.2 Å². The molecular formula is C14H18ClN3O. The molecule has 19 heavy (non-hydrogen) atoms. The van der Waals surface area contributed by atoms with Crippen LogP contribution in [0.2, 0.25) is 0 Å². The summed E-state index contributed by atoms with van der Waals surface area (Å²) in [6.45, 7) is 2.11. The van der Waals surface area contributed by atoms with E-state index in [4.69, 9.17) is 4.74 Å². The number of nitrogens with zero attached hydrogens (tertiary/aromatic N) is 1. The van der Waals surface area contributed by atoms with Gasteiger partial charge in [-0.3, -0.25) is 4.98 Å². The van der Waals surface area contributed by atoms with Crippen molar-refractivity contribution in [1.29, 1.82) is 0 Å². The Labute approximate surface area is 119 Å². The van der Waals surface area contributed by atoms with Crippen LogP contribution in [0.4, 0.5) is 5.69 Å². The van der Waals surface area contributed by atoms with Crippen LogP contribution >= 0.6 is 12.4 Å². The summed E-state index contributed by atoms with van der Waals surface area (Å²) in [5.74, 6) is 0.820. The Kier molecular flexibility index (Phi) is 4.45. The molecule has 0 amide bonds. The summed E-state index contributed by atoms with van der Waals surface area (Å²) in [6, 6.07) is 8.58. The van der Waals surface area contributed by atoms with Crippen LogP contribution < -0.4 is 15.4 Å². The smallest absolute Gasteiger partial charge is 0.145 e. The average molecular weight is 280 g/mol. The lowest BCUT2D eigenvalue weighted by Crippen LogP contribution is -2.22. The molecule has 0 spiro atoms. The minimum absolute atomic E-state index is 0. The van der Waals surface area contributed by atoms with E-state index >= 15 is 0 Å². The van der Waals surface area contributed by atoms with Crippen molar-refractivity contribution in [3.05, 3.63) is 30.5 Å². The van der Waals surface area contributed by atoms with E-state index in [9.17, 15) is 0 Å². The highest BCUT2D eigenvalue weighted by Gasteiger charge is 2.15. The standard InChI is InChI=1S/C14H17N3O.ClH/c1-18-13-5-4-12(17-10-6-8-15-9-10)11-3-2-7-16-14(11)13;/h2-5,7,10,15,17H,6,8-9H2,1H3;1H/t10-;/m1./s1. The minimum atomic E-state index is 0. The first kappa shape index (κ1) is 13.9. The molecule has 1 saturated heterocycles. The van der Waals surface area contributed by atoms with Crippen molar-refractivity contribution < 1.29 is 4.74 Å². The van der Waals surface area contributed by atoms with Crippen LogP contribution in [0.1, 0.15) is 6.42 Å². The lowest BCUT2D eigenvalue weighted by molar-refractivity contribution is 0.419. The number of pyridine rings is 1. The zero-order chi connectivity index (χ0) is 12.4. The number of benzene rings is 1. The molecule has 1 aromatic carbocycles. The number of rotatable bonds is 3. The zero-order valence-electron chi connectivity index (χ0n) is 10.8. The van der Waals surface area contributed by atoms with Crippen molar-refractivity contribution in [3.63, 3.8) is 0 Å². The van der Waals surface area contributed by atoms with Crippen molar-refractivity contribution in [2.75, 3.05) is 25.5 Å². The quantitative estimate of drug-likeness (QED) is 0.906. The third-order valence-corrected chi connectivity index (χ3v) is 3.37. The lowest BCUT2D eigenvalue weighted by Gasteiger charge is -2.16. The highest BCUT2D eigenvalue weighted by atomic mass is 35.5. The van der Waals surface area contributed by atoms with Gasteiger partial charge in [-0.05, 0) is 37.2 Å². The van der Waals surface area contributed by atoms with E-state index in [1.54, 1.807) is 13.3 Å². The molecule has 2 aromatic rings. The maximum absolute atomic E-state index is 5.35. The van der Waals surface area contributed by atoms with Crippen LogP contribution in [0.25, 0.3) is 10.9 Å². The first-order chi connectivity index (χ1) is 8.88. The molecule has 0 aliphatic carbocycles. The van der Waals surface area contributed by atoms with Crippen molar-refractivity contribution >= 4 is 29.0 Å². The summed E-state index contributed by atoms with van der Waals surface area (Å²) in [7, 11) is 1.68. The van der Waals surface area contributed by atoms with E-state index in [-0.39, 0.29) is 12.4 Å². The van der Waals surface area contributed by atoms with Crippen molar-refractivity contribution in [1.82, 2.24) is 10.3 Å². The number of hydrogen-bond acceptors (Lipinski definition) is 4. The molecule has 4 nitrogen and oxygen atoms in total. The zero-order valence-corrected chi connectivity index (χ0v) is 11.7. The Balaban J connectivity index is 0.00000133. The minimum Gasteiger partial charge on any atom is -0.494 e. The van der Waals surface area contributed by atoms with Gasteiger partial charge >= 0.3 is 0 Å². The summed E-state index contributed by atoms with van der Waals surface area (Å²) in [5, 5.41) is 8.05. The lowest BCUT2D eigenvalue weighted by atomic mass is 10.1. The second-order valence-corrected chi connectivity index (χ2v) is 4.55. The second kappa shape index (κ2) is 6.08. The fourth-order valence-electron chi connectivity index (χ4n) is 2.44. The summed E-state index contributed by atoms with van der Waals surface area (Å²) >= 11 is 0. The Hall–Kier alpha value is -1.52. The molecular weight excluding hydrogens is 262 g/mol. The van der Waals surface area contributed by atoms with Crippen molar-refractivity contribution in [3.8, 4) is 5.75 Å². The van der Waals surface area contributed by atoms with E-state index < -0.39 is 0 Å². The van der Waals surface area contributed by atoms with Gasteiger partial charge in [0.15, 0.2) is 0 Å². The Morgan fingerprint density at radius 1 is 1.37 bits per heavy atom. The van der Waals surface area contributed by atoms with Gasteiger partial charge in [-0.15, -0.1) is 12.4 Å². The van der Waals surface area contributed by atoms with Crippen LogP contribution in [-0.2, 0) is 0 Å². The highest BCUT2D eigenvalue weighted by Crippen LogP contribution is 2.30. The molecule has 1 atom stereocenters. The molecule has 0 bridgehead atoms. The van der Waals surface area contributed by atoms with Crippen LogP contribution in [0.3, 0.4) is 0 Å². The maximum Gasteiger partial charge on any atom is 0.145 e. The SMILES string of the molecule is COc1ccc(N[C@@H]2CCNC2)c2cccnc12.Cl. The van der Waals surface area contributed by atoms with Gasteiger partial charge in [0.2, 0.25) is 0 Å². The van der Waals surface area contributed by atoms with Crippen LogP contribution in [0.15, 0.2) is 30.5 Å². The molecule has 1 aromatic heterocycles. The van der Waals surface area contributed by atoms with Crippen LogP contribution in [0, 0.1) is 0 Å². The van der Waals surface area contributed by atoms with E-state index in [2.05, 4.69) is 27.8 Å². The van der Waals surface area contributed by atoms with E-state index in [0.717, 1.165) is 41.9 Å². The fourth-order valence-corrected chi connectivity index (χ4v) is 2.44. The molecule has 0 radical (unpaired) electrons. The van der Waals surface area contributed by atoms with Gasteiger partial charge in [-0.2, -0.15) is 0 Å². The van der Waals surface area contributed by atoms with Gasteiger partial charge < -0.3 is 15.4 Å². The number of halogens is 1. The van der Waals surface area contributed by atoms with Gasteiger partial charge in [0.25, 0.3) is 0 Å².